The number of nitrogens with zero attached hydrogens (tertiary/aromatic N) is 5. The van der Waals surface area contributed by atoms with E-state index in [1.165, 1.54) is 0 Å². The molecule has 0 unspecified atom stereocenters. The molecule has 0 spiro atoms. The van der Waals surface area contributed by atoms with Crippen molar-refractivity contribution in [3.63, 3.8) is 0 Å². The van der Waals surface area contributed by atoms with Gasteiger partial charge in [-0.1, -0.05) is 4.63 Å². The van der Waals surface area contributed by atoms with Gasteiger partial charge in [0.1, 0.15) is 0 Å². The van der Waals surface area contributed by atoms with Gasteiger partial charge in [-0.2, -0.15) is 5.53 Å². The Labute approximate surface area is 43.9 Å². The second-order valence-corrected chi connectivity index (χ2v) is 0.595. The van der Waals surface area contributed by atoms with Crippen molar-refractivity contribution in [2.45, 2.75) is 0 Å². The van der Waals surface area contributed by atoms with E-state index in [1.807, 2.05) is 0 Å². The molecule has 0 aromatic heterocycles. The lowest BCUT2D eigenvalue weighted by atomic mass is 12.5. The highest BCUT2D eigenvalue weighted by Crippen LogP contribution is 1.81. The first-order valence-electron chi connectivity index (χ1n) is 1.19. The molecule has 0 aliphatic heterocycles. The fraction of sp³-hybridized carbons (Fsp3) is 0. The maximum Gasteiger partial charge on any atom is 0.0622 e. The third kappa shape index (κ3) is 5.09. The topological polar surface area (TPSA) is 85.6 Å². The Kier molecular flexibility index (Phi) is 4.43. The molecule has 0 aliphatic rings. The lowest BCUT2D eigenvalue weighted by molar-refractivity contribution is 0.836. The summed E-state index contributed by atoms with van der Waals surface area (Å²) in [5, 5.41) is 10.8. The van der Waals surface area contributed by atoms with Crippen molar-refractivity contribution in [2.75, 3.05) is 0 Å². The molecule has 0 saturated carbocycles. The number of nitrogens with one attached hydrogen (secondary N) is 1. The number of hydrogen-bond donors (Lipinski definition) is 1. The molecule has 38 valence electrons. The van der Waals surface area contributed by atoms with Crippen molar-refractivity contribution in [1.82, 2.24) is 0 Å². The van der Waals surface area contributed by atoms with Gasteiger partial charge in [0.15, 0.2) is 0 Å². The van der Waals surface area contributed by atoms with Crippen molar-refractivity contribution in [2.24, 2.45) is 25.5 Å². The van der Waals surface area contributed by atoms with Crippen molar-refractivity contribution >= 4 is 11.8 Å². The van der Waals surface area contributed by atoms with Gasteiger partial charge in [-0.15, -0.1) is 0 Å². The van der Waals surface area contributed by atoms with Crippen LogP contribution in [0.2, 0.25) is 0 Å². The van der Waals surface area contributed by atoms with Crippen LogP contribution in [-0.4, -0.2) is 0 Å². The van der Waals surface area contributed by atoms with Crippen LogP contribution in [0, 0.1) is 5.53 Å². The molecule has 0 bridgehead atoms. The summed E-state index contributed by atoms with van der Waals surface area (Å²) in [5.41, 5.74) is 6.00. The van der Waals surface area contributed by atoms with E-state index >= 15 is 0 Å². The normalized spacial score (nSPS) is 11.0. The summed E-state index contributed by atoms with van der Waals surface area (Å²) < 4.78 is 2.67. The molecule has 0 rings (SSSR count). The highest BCUT2D eigenvalue weighted by Gasteiger charge is 1.57. The van der Waals surface area contributed by atoms with Crippen LogP contribution in [0.4, 0.5) is 0 Å². The lowest BCUT2D eigenvalue weighted by Crippen LogP contribution is -1.38. The minimum absolute atomic E-state index is 2.47. The summed E-state index contributed by atoms with van der Waals surface area (Å²) in [4.78, 5) is 0. The molecule has 0 radical (unpaired) electrons. The average Bonchev–Trinajstić information content (AvgIpc) is 1.69. The molecule has 0 saturated heterocycles. The molecule has 0 heterocycles. The van der Waals surface area contributed by atoms with E-state index in [4.69, 9.17) is 5.53 Å². The molecule has 0 atom stereocenters. The van der Waals surface area contributed by atoms with Crippen LogP contribution in [0.25, 0.3) is 0 Å². The highest BCUT2D eigenvalue weighted by molar-refractivity contribution is 6.13. The molecule has 7 heavy (non-hydrogen) atoms. The van der Waals surface area contributed by atoms with Gasteiger partial charge in [-0.05, 0) is 20.9 Å². The van der Waals surface area contributed by atoms with Crippen LogP contribution in [0.5, 0.6) is 0 Å². The number of hydrogen-bond acceptors (Lipinski definition) is 2. The van der Waals surface area contributed by atoms with Crippen LogP contribution >= 0.6 is 11.8 Å². The Bertz CT molecular complexity index is 90.4. The van der Waals surface area contributed by atoms with Gasteiger partial charge in [-0.3, -0.25) is 0 Å². The SMILES string of the molecule is N=N/N=N/N=N\Cl. The zero-order valence-electron chi connectivity index (χ0n) is 3.11. The van der Waals surface area contributed by atoms with E-state index in [0.29, 0.717) is 0 Å². The van der Waals surface area contributed by atoms with Gasteiger partial charge in [-0.25, -0.2) is 0 Å². The molecule has 0 aromatic rings. The van der Waals surface area contributed by atoms with Gasteiger partial charge in [0, 0.05) is 0 Å². The zero-order chi connectivity index (χ0) is 5.54. The Morgan fingerprint density at radius 1 is 1.14 bits per heavy atom. The summed E-state index contributed by atoms with van der Waals surface area (Å²) in [7, 11) is 0. The Hall–Kier alpha value is -0.910. The van der Waals surface area contributed by atoms with Gasteiger partial charge < -0.3 is 0 Å². The van der Waals surface area contributed by atoms with Crippen LogP contribution < -0.4 is 0 Å². The molecule has 6 nitrogen and oxygen atoms in total. The summed E-state index contributed by atoms with van der Waals surface area (Å²) in [6.07, 6.45) is 0. The summed E-state index contributed by atoms with van der Waals surface area (Å²) >= 11 is 4.64. The van der Waals surface area contributed by atoms with Crippen molar-refractivity contribution in [3.05, 3.63) is 0 Å². The second kappa shape index (κ2) is 5.09. The average molecular weight is 121 g/mol. The summed E-state index contributed by atoms with van der Waals surface area (Å²) in [5.74, 6) is 0. The first-order chi connectivity index (χ1) is 3.41. The zero-order valence-corrected chi connectivity index (χ0v) is 3.87. The van der Waals surface area contributed by atoms with E-state index in [-0.39, 0.29) is 0 Å². The lowest BCUT2D eigenvalue weighted by Gasteiger charge is -1.60. The van der Waals surface area contributed by atoms with Crippen molar-refractivity contribution in [3.8, 4) is 0 Å². The molecule has 0 aliphatic carbocycles. The largest absolute Gasteiger partial charge is 0.183 e. The third-order valence-corrected chi connectivity index (χ3v) is 0.226. The second-order valence-electron chi connectivity index (χ2n) is 0.444. The Morgan fingerprint density at radius 3 is 2.29 bits per heavy atom. The van der Waals surface area contributed by atoms with E-state index in [0.717, 1.165) is 0 Å². The quantitative estimate of drug-likeness (QED) is 0.426. The standard InChI is InChI=1S/ClHN6/c1-3-5-7-6-4-2/h2H/b4-2?,5-3-,7-6+. The van der Waals surface area contributed by atoms with Gasteiger partial charge in [0.05, 0.1) is 11.8 Å². The molecule has 1 N–H and O–H groups in total. The molecule has 7 heteroatoms. The van der Waals surface area contributed by atoms with E-state index < -0.39 is 0 Å². The Morgan fingerprint density at radius 2 is 1.86 bits per heavy atom. The van der Waals surface area contributed by atoms with Crippen LogP contribution in [0.1, 0.15) is 0 Å². The molecule has 0 amide bonds. The summed E-state index contributed by atoms with van der Waals surface area (Å²) in [6, 6.07) is 0. The molecular formula is HClN6. The maximum atomic E-state index is 6.00. The predicted molar refractivity (Wildman–Crippen MR) is 20.7 cm³/mol. The monoisotopic (exact) mass is 120 g/mol. The molecule has 0 fully saturated rings. The van der Waals surface area contributed by atoms with Gasteiger partial charge in [0.2, 0.25) is 0 Å². The minimum atomic E-state index is 2.47. The highest BCUT2D eigenvalue weighted by atomic mass is 35.5. The van der Waals surface area contributed by atoms with Crippen molar-refractivity contribution < 1.29 is 0 Å². The maximum absolute atomic E-state index is 6.00. The van der Waals surface area contributed by atoms with Gasteiger partial charge >= 0.3 is 0 Å². The number of rotatable bonds is 2. The van der Waals surface area contributed by atoms with Crippen LogP contribution in [0.15, 0.2) is 25.5 Å². The van der Waals surface area contributed by atoms with Crippen LogP contribution in [0.3, 0.4) is 0 Å². The van der Waals surface area contributed by atoms with E-state index in [1.54, 1.807) is 0 Å². The number of halogens is 1. The molecule has 0 aromatic carbocycles. The van der Waals surface area contributed by atoms with E-state index in [2.05, 4.69) is 37.3 Å². The van der Waals surface area contributed by atoms with E-state index in [9.17, 15) is 0 Å². The fourth-order valence-corrected chi connectivity index (χ4v) is 0.0832. The first kappa shape index (κ1) is 6.09. The fourth-order valence-electron chi connectivity index (χ4n) is 0.0530. The Balaban J connectivity index is 3.27. The van der Waals surface area contributed by atoms with Crippen LogP contribution in [-0.2, 0) is 0 Å². The first-order valence-corrected chi connectivity index (χ1v) is 1.53. The van der Waals surface area contributed by atoms with Gasteiger partial charge in [0.25, 0.3) is 0 Å². The van der Waals surface area contributed by atoms with Crippen molar-refractivity contribution in [1.29, 1.82) is 5.53 Å². The molecular weight excluding hydrogens is 119 g/mol. The predicted octanol–water partition coefficient (Wildman–Crippen LogP) is 1.91. The minimum Gasteiger partial charge on any atom is -0.183 e. The third-order valence-electron chi connectivity index (χ3n) is 0.159. The summed E-state index contributed by atoms with van der Waals surface area (Å²) in [6.45, 7) is 0. The smallest absolute Gasteiger partial charge is 0.0622 e.